The first-order valence-electron chi connectivity index (χ1n) is 10.1. The van der Waals surface area contributed by atoms with E-state index in [-0.39, 0.29) is 34.7 Å². The molecule has 0 radical (unpaired) electrons. The van der Waals surface area contributed by atoms with Crippen LogP contribution in [-0.4, -0.2) is 44.3 Å². The molecule has 3 aliphatic carbocycles. The predicted octanol–water partition coefficient (Wildman–Crippen LogP) is 3.11. The minimum Gasteiger partial charge on any atom is -0.504 e. The summed E-state index contributed by atoms with van der Waals surface area (Å²) in [5, 5.41) is 43.7. The van der Waals surface area contributed by atoms with Gasteiger partial charge in [0.15, 0.2) is 11.5 Å². The van der Waals surface area contributed by atoms with Crippen LogP contribution in [0.4, 0.5) is 5.69 Å². The average molecular weight is 408 g/mol. The van der Waals surface area contributed by atoms with Crippen molar-refractivity contribution in [2.45, 2.75) is 63.5 Å². The zero-order chi connectivity index (χ0) is 20.2. The van der Waals surface area contributed by atoms with Crippen molar-refractivity contribution in [2.24, 2.45) is 17.3 Å². The van der Waals surface area contributed by atoms with E-state index >= 15 is 0 Å². The van der Waals surface area contributed by atoms with Gasteiger partial charge in [-0.25, -0.2) is 4.79 Å². The monoisotopic (exact) mass is 407 g/mol. The summed E-state index contributed by atoms with van der Waals surface area (Å²) in [6.07, 6.45) is 4.95. The number of aromatic hydroxyl groups is 2. The molecular weight excluding hydrogens is 378 g/mol. The highest BCUT2D eigenvalue weighted by Crippen LogP contribution is 2.62. The van der Waals surface area contributed by atoms with E-state index in [1.54, 1.807) is 0 Å². The van der Waals surface area contributed by atoms with Crippen molar-refractivity contribution in [2.75, 3.05) is 11.1 Å². The van der Waals surface area contributed by atoms with Crippen LogP contribution in [-0.2, 0) is 11.2 Å². The van der Waals surface area contributed by atoms with E-state index in [0.717, 1.165) is 43.2 Å². The van der Waals surface area contributed by atoms with Crippen LogP contribution in [0.3, 0.4) is 0 Å². The Kier molecular flexibility index (Phi) is 4.94. The Hall–Kier alpha value is -1.60. The van der Waals surface area contributed by atoms with Gasteiger partial charge in [0.05, 0.1) is 6.10 Å². The normalized spacial score (nSPS) is 34.8. The summed E-state index contributed by atoms with van der Waals surface area (Å²) in [5.41, 5.74) is 2.21. The van der Waals surface area contributed by atoms with Crippen molar-refractivity contribution in [3.8, 4) is 11.5 Å². The number of aliphatic carboxylic acids is 1. The SMILES string of the molecule is C[C@]12CCC3c4c(N[C@@H](CS)C(=O)O)cc(O)c(O)c4CCC3C1CC[C@@H]2O. The van der Waals surface area contributed by atoms with E-state index in [1.807, 2.05) is 0 Å². The Morgan fingerprint density at radius 1 is 1.32 bits per heavy atom. The number of phenolic OH excluding ortho intramolecular Hbond substituents is 2. The van der Waals surface area contributed by atoms with E-state index in [0.29, 0.717) is 23.9 Å². The lowest BCUT2D eigenvalue weighted by atomic mass is 9.55. The van der Waals surface area contributed by atoms with Crippen molar-refractivity contribution in [1.82, 2.24) is 0 Å². The molecule has 0 aromatic heterocycles. The van der Waals surface area contributed by atoms with Gasteiger partial charge in [0.1, 0.15) is 6.04 Å². The van der Waals surface area contributed by atoms with Crippen molar-refractivity contribution in [3.63, 3.8) is 0 Å². The maximum Gasteiger partial charge on any atom is 0.326 e. The number of aliphatic hydroxyl groups excluding tert-OH is 1. The highest BCUT2D eigenvalue weighted by molar-refractivity contribution is 7.80. The van der Waals surface area contributed by atoms with Gasteiger partial charge in [-0.2, -0.15) is 12.6 Å². The third-order valence-corrected chi connectivity index (χ3v) is 8.09. The van der Waals surface area contributed by atoms with Crippen LogP contribution in [0.25, 0.3) is 0 Å². The maximum absolute atomic E-state index is 11.5. The molecule has 28 heavy (non-hydrogen) atoms. The molecular formula is C21H29NO5S. The molecule has 0 spiro atoms. The Labute approximate surface area is 170 Å². The lowest BCUT2D eigenvalue weighted by molar-refractivity contribution is -0.137. The van der Waals surface area contributed by atoms with Gasteiger partial charge < -0.3 is 25.7 Å². The van der Waals surface area contributed by atoms with E-state index in [1.165, 1.54) is 6.07 Å². The molecule has 5 N–H and O–H groups in total. The number of aliphatic hydroxyl groups is 1. The Bertz CT molecular complexity index is 799. The molecule has 0 aliphatic heterocycles. The number of thiol groups is 1. The van der Waals surface area contributed by atoms with Crippen molar-refractivity contribution < 1.29 is 25.2 Å². The van der Waals surface area contributed by atoms with Gasteiger partial charge in [0.2, 0.25) is 0 Å². The van der Waals surface area contributed by atoms with Gasteiger partial charge in [0, 0.05) is 23.1 Å². The smallest absolute Gasteiger partial charge is 0.326 e. The summed E-state index contributed by atoms with van der Waals surface area (Å²) in [5.74, 6) is -0.177. The number of fused-ring (bicyclic) bond motifs is 5. The molecule has 0 saturated heterocycles. The first-order valence-corrected chi connectivity index (χ1v) is 10.8. The number of carboxylic acid groups (broad SMARTS) is 1. The summed E-state index contributed by atoms with van der Waals surface area (Å²) in [7, 11) is 0. The standard InChI is InChI=1S/C21H29NO5S/c1-21-7-6-11-10(13(21)4-5-17(21)24)2-3-12-18(11)14(8-16(23)19(12)25)22-15(9-28)20(26)27/h8,10-11,13,15,17,22-25,28H,2-7,9H2,1H3,(H,26,27)/t10?,11?,13?,15-,17-,21-/m0/s1. The van der Waals surface area contributed by atoms with Gasteiger partial charge in [0.25, 0.3) is 0 Å². The quantitative estimate of drug-likeness (QED) is 0.260. The van der Waals surface area contributed by atoms with Gasteiger partial charge >= 0.3 is 5.97 Å². The number of hydrogen-bond donors (Lipinski definition) is 6. The Morgan fingerprint density at radius 3 is 2.75 bits per heavy atom. The molecule has 3 aliphatic rings. The molecule has 6 atom stereocenters. The van der Waals surface area contributed by atoms with Gasteiger partial charge in [-0.3, -0.25) is 0 Å². The van der Waals surface area contributed by atoms with Crippen LogP contribution in [0, 0.1) is 17.3 Å². The van der Waals surface area contributed by atoms with E-state index in [9.17, 15) is 25.2 Å². The molecule has 7 heteroatoms. The summed E-state index contributed by atoms with van der Waals surface area (Å²) in [4.78, 5) is 11.5. The average Bonchev–Trinajstić information content (AvgIpc) is 2.97. The number of benzene rings is 1. The number of rotatable bonds is 4. The fraction of sp³-hybridized carbons (Fsp3) is 0.667. The second-order valence-electron chi connectivity index (χ2n) is 8.95. The first kappa shape index (κ1) is 19.7. The summed E-state index contributed by atoms with van der Waals surface area (Å²) >= 11 is 4.14. The van der Waals surface area contributed by atoms with Crippen molar-refractivity contribution in [1.29, 1.82) is 0 Å². The van der Waals surface area contributed by atoms with Crippen LogP contribution in [0.15, 0.2) is 6.07 Å². The number of hydrogen-bond acceptors (Lipinski definition) is 6. The largest absolute Gasteiger partial charge is 0.504 e. The van der Waals surface area contributed by atoms with Crippen molar-refractivity contribution >= 4 is 24.3 Å². The zero-order valence-electron chi connectivity index (χ0n) is 16.1. The van der Waals surface area contributed by atoms with Gasteiger partial charge in [-0.15, -0.1) is 0 Å². The minimum absolute atomic E-state index is 0.0556. The molecule has 0 heterocycles. The molecule has 2 saturated carbocycles. The van der Waals surface area contributed by atoms with Crippen LogP contribution < -0.4 is 5.32 Å². The summed E-state index contributed by atoms with van der Waals surface area (Å²) < 4.78 is 0. The summed E-state index contributed by atoms with van der Waals surface area (Å²) in [6, 6.07) is 0.576. The van der Waals surface area contributed by atoms with Crippen LogP contribution in [0.2, 0.25) is 0 Å². The number of carboxylic acids is 1. The highest BCUT2D eigenvalue weighted by atomic mass is 32.1. The predicted molar refractivity (Wildman–Crippen MR) is 109 cm³/mol. The third-order valence-electron chi connectivity index (χ3n) is 7.72. The fourth-order valence-electron chi connectivity index (χ4n) is 6.23. The number of carbonyl (C=O) groups is 1. The van der Waals surface area contributed by atoms with Gasteiger partial charge in [-0.05, 0) is 67.3 Å². The zero-order valence-corrected chi connectivity index (χ0v) is 17.0. The maximum atomic E-state index is 11.5. The third kappa shape index (κ3) is 2.86. The molecule has 6 nitrogen and oxygen atoms in total. The van der Waals surface area contributed by atoms with Gasteiger partial charge in [-0.1, -0.05) is 6.92 Å². The molecule has 1 aromatic rings. The molecule has 4 rings (SSSR count). The van der Waals surface area contributed by atoms with Crippen LogP contribution in [0.5, 0.6) is 11.5 Å². The van der Waals surface area contributed by atoms with E-state index in [4.69, 9.17) is 0 Å². The Balaban J connectivity index is 1.76. The molecule has 1 aromatic carbocycles. The number of anilines is 1. The summed E-state index contributed by atoms with van der Waals surface area (Å²) in [6.45, 7) is 2.20. The minimum atomic E-state index is -1.00. The molecule has 0 amide bonds. The number of phenols is 2. The first-order chi connectivity index (χ1) is 13.3. The van der Waals surface area contributed by atoms with Crippen molar-refractivity contribution in [3.05, 3.63) is 17.2 Å². The lowest BCUT2D eigenvalue weighted by Gasteiger charge is -2.50. The molecule has 3 unspecified atom stereocenters. The number of nitrogens with one attached hydrogen (secondary N) is 1. The molecule has 2 fully saturated rings. The van der Waals surface area contributed by atoms with E-state index < -0.39 is 12.0 Å². The topological polar surface area (TPSA) is 110 Å². The van der Waals surface area contributed by atoms with Crippen LogP contribution in [0.1, 0.15) is 56.1 Å². The molecule has 0 bridgehead atoms. The van der Waals surface area contributed by atoms with E-state index in [2.05, 4.69) is 24.9 Å². The second-order valence-corrected chi connectivity index (χ2v) is 9.32. The fourth-order valence-corrected chi connectivity index (χ4v) is 6.48. The Morgan fingerprint density at radius 2 is 2.07 bits per heavy atom. The highest BCUT2D eigenvalue weighted by Gasteiger charge is 2.55. The molecule has 154 valence electrons. The lowest BCUT2D eigenvalue weighted by Crippen LogP contribution is -2.44. The second kappa shape index (κ2) is 7.02. The van der Waals surface area contributed by atoms with Crippen LogP contribution >= 0.6 is 12.6 Å².